The second-order valence-corrected chi connectivity index (χ2v) is 7.62. The molecule has 2 aromatic rings. The van der Waals surface area contributed by atoms with Crippen LogP contribution < -0.4 is 10.9 Å². The molecule has 0 fully saturated rings. The lowest BCUT2D eigenvalue weighted by molar-refractivity contribution is -0.120. The fraction of sp³-hybridized carbons (Fsp3) is 0.200. The Morgan fingerprint density at radius 3 is 1.59 bits per heavy atom. The third-order valence-electron chi connectivity index (χ3n) is 3.71. The van der Waals surface area contributed by atoms with Gasteiger partial charge >= 0.3 is 0 Å². The van der Waals surface area contributed by atoms with Gasteiger partial charge in [-0.3, -0.25) is 9.59 Å². The summed E-state index contributed by atoms with van der Waals surface area (Å²) >= 11 is 1.09. The van der Waals surface area contributed by atoms with E-state index >= 15 is 0 Å². The van der Waals surface area contributed by atoms with E-state index in [2.05, 4.69) is 21.1 Å². The van der Waals surface area contributed by atoms with Gasteiger partial charge in [0.25, 0.3) is 11.8 Å². The van der Waals surface area contributed by atoms with Crippen molar-refractivity contribution in [3.63, 3.8) is 0 Å². The predicted molar refractivity (Wildman–Crippen MR) is 111 cm³/mol. The normalized spacial score (nSPS) is 13.4. The van der Waals surface area contributed by atoms with Gasteiger partial charge in [0.15, 0.2) is 0 Å². The summed E-state index contributed by atoms with van der Waals surface area (Å²) in [6.45, 7) is 3.23. The number of thioether (sulfide) groups is 1. The van der Waals surface area contributed by atoms with Gasteiger partial charge in [0.05, 0.1) is 22.9 Å². The monoisotopic (exact) mass is 418 g/mol. The molecule has 0 spiro atoms. The van der Waals surface area contributed by atoms with Crippen molar-refractivity contribution in [1.82, 2.24) is 10.9 Å². The lowest BCUT2D eigenvalue weighted by atomic mass is 10.2. The highest BCUT2D eigenvalue weighted by Gasteiger charge is 2.21. The highest BCUT2D eigenvalue weighted by molar-refractivity contribution is 8.01. The van der Waals surface area contributed by atoms with E-state index in [1.54, 1.807) is 38.1 Å². The van der Waals surface area contributed by atoms with Crippen LogP contribution in [0.15, 0.2) is 58.7 Å². The summed E-state index contributed by atoms with van der Waals surface area (Å²) in [7, 11) is 0. The fourth-order valence-electron chi connectivity index (χ4n) is 2.10. The van der Waals surface area contributed by atoms with Crippen molar-refractivity contribution in [3.05, 3.63) is 71.3 Å². The molecule has 0 saturated heterocycles. The molecule has 9 heteroatoms. The summed E-state index contributed by atoms with van der Waals surface area (Å²) in [5.74, 6) is -1.77. The summed E-state index contributed by atoms with van der Waals surface area (Å²) in [6.07, 6.45) is 2.41. The molecule has 0 bridgehead atoms. The molecule has 0 aliphatic carbocycles. The summed E-state index contributed by atoms with van der Waals surface area (Å²) in [4.78, 5) is 24.1. The van der Waals surface area contributed by atoms with E-state index in [-0.39, 0.29) is 11.1 Å². The fourth-order valence-corrected chi connectivity index (χ4v) is 3.07. The second kappa shape index (κ2) is 11.1. The van der Waals surface area contributed by atoms with Crippen molar-refractivity contribution in [2.45, 2.75) is 24.3 Å². The number of carbonyl (C=O) groups excluding carboxylic acids is 2. The molecule has 2 atom stereocenters. The molecule has 0 heterocycles. The molecule has 2 rings (SSSR count). The van der Waals surface area contributed by atoms with Gasteiger partial charge in [0.1, 0.15) is 11.6 Å². The Morgan fingerprint density at radius 1 is 0.828 bits per heavy atom. The summed E-state index contributed by atoms with van der Waals surface area (Å²) in [5, 5.41) is 6.27. The molecular weight excluding hydrogens is 398 g/mol. The molecule has 0 unspecified atom stereocenters. The quantitative estimate of drug-likeness (QED) is 0.511. The van der Waals surface area contributed by atoms with Crippen LogP contribution in [0.25, 0.3) is 0 Å². The zero-order valence-corrected chi connectivity index (χ0v) is 16.6. The highest BCUT2D eigenvalue weighted by atomic mass is 32.2. The molecule has 2 aromatic carbocycles. The van der Waals surface area contributed by atoms with Crippen molar-refractivity contribution in [2.24, 2.45) is 10.2 Å². The van der Waals surface area contributed by atoms with E-state index in [9.17, 15) is 18.4 Å². The molecule has 29 heavy (non-hydrogen) atoms. The Balaban J connectivity index is 1.80. The number of halogens is 2. The van der Waals surface area contributed by atoms with Crippen LogP contribution in [0.5, 0.6) is 0 Å². The number of hydrogen-bond donors (Lipinski definition) is 2. The number of rotatable bonds is 8. The molecule has 152 valence electrons. The number of nitrogens with one attached hydrogen (secondary N) is 2. The smallest absolute Gasteiger partial charge is 0.252 e. The predicted octanol–water partition coefficient (Wildman–Crippen LogP) is 3.08. The Bertz CT molecular complexity index is 847. The summed E-state index contributed by atoms with van der Waals surface area (Å²) in [5.41, 5.74) is 5.11. The first-order valence-electron chi connectivity index (χ1n) is 8.69. The number of amides is 2. The van der Waals surface area contributed by atoms with Crippen molar-refractivity contribution in [1.29, 1.82) is 0 Å². The topological polar surface area (TPSA) is 82.9 Å². The highest BCUT2D eigenvalue weighted by Crippen LogP contribution is 2.17. The number of hydrazone groups is 2. The van der Waals surface area contributed by atoms with Crippen LogP contribution in [-0.2, 0) is 9.59 Å². The molecule has 0 saturated carbocycles. The van der Waals surface area contributed by atoms with Crippen LogP contribution in [0.4, 0.5) is 8.78 Å². The Kier molecular flexibility index (Phi) is 8.47. The zero-order chi connectivity index (χ0) is 21.2. The van der Waals surface area contributed by atoms with Crippen molar-refractivity contribution >= 4 is 36.0 Å². The van der Waals surface area contributed by atoms with Crippen LogP contribution in [0.1, 0.15) is 25.0 Å². The van der Waals surface area contributed by atoms with E-state index in [1.165, 1.54) is 36.7 Å². The third-order valence-corrected chi connectivity index (χ3v) is 4.96. The van der Waals surface area contributed by atoms with Crippen LogP contribution in [0, 0.1) is 11.6 Å². The SMILES string of the molecule is C[C@H](S[C@@H](C)C(=O)N/N=C/c1ccccc1F)C(=O)N/N=C\c1ccccc1F. The van der Waals surface area contributed by atoms with Gasteiger partial charge in [-0.15, -0.1) is 11.8 Å². The van der Waals surface area contributed by atoms with Gasteiger partial charge in [-0.2, -0.15) is 10.2 Å². The minimum Gasteiger partial charge on any atom is -0.272 e. The minimum atomic E-state index is -0.593. The first kappa shape index (κ1) is 22.2. The lowest BCUT2D eigenvalue weighted by Gasteiger charge is -2.14. The first-order chi connectivity index (χ1) is 13.9. The van der Waals surface area contributed by atoms with E-state index in [4.69, 9.17) is 0 Å². The number of hydrogen-bond acceptors (Lipinski definition) is 5. The van der Waals surface area contributed by atoms with Gasteiger partial charge in [0, 0.05) is 11.1 Å². The van der Waals surface area contributed by atoms with Gasteiger partial charge in [-0.1, -0.05) is 36.4 Å². The molecule has 2 N–H and O–H groups in total. The maximum atomic E-state index is 13.5. The van der Waals surface area contributed by atoms with E-state index in [0.717, 1.165) is 11.8 Å². The largest absolute Gasteiger partial charge is 0.272 e. The average molecular weight is 418 g/mol. The zero-order valence-electron chi connectivity index (χ0n) is 15.8. The molecule has 0 aliphatic rings. The van der Waals surface area contributed by atoms with E-state index in [1.807, 2.05) is 0 Å². The number of benzene rings is 2. The maximum Gasteiger partial charge on any atom is 0.252 e. The second-order valence-electron chi connectivity index (χ2n) is 5.93. The molecule has 6 nitrogen and oxygen atoms in total. The van der Waals surface area contributed by atoms with Gasteiger partial charge < -0.3 is 0 Å². The Morgan fingerprint density at radius 2 is 1.21 bits per heavy atom. The van der Waals surface area contributed by atoms with Crippen LogP contribution >= 0.6 is 11.8 Å². The summed E-state index contributed by atoms with van der Waals surface area (Å²) < 4.78 is 27.0. The van der Waals surface area contributed by atoms with Crippen molar-refractivity contribution in [3.8, 4) is 0 Å². The standard InChI is InChI=1S/C20H20F2N4O2S/c1-13(19(27)25-23-11-15-7-3-5-9-17(15)21)29-14(2)20(28)26-24-12-16-8-4-6-10-18(16)22/h3-14H,1-2H3,(H,25,27)(H,26,28)/b23-11-,24-12+/t13-,14-/m0/s1. The van der Waals surface area contributed by atoms with Gasteiger partial charge in [-0.25, -0.2) is 19.6 Å². The lowest BCUT2D eigenvalue weighted by Crippen LogP contribution is -2.33. The van der Waals surface area contributed by atoms with Gasteiger partial charge in [0.2, 0.25) is 0 Å². The van der Waals surface area contributed by atoms with Crippen molar-refractivity contribution < 1.29 is 18.4 Å². The van der Waals surface area contributed by atoms with Crippen LogP contribution in [0.3, 0.4) is 0 Å². The Hall–Kier alpha value is -3.07. The molecule has 0 aromatic heterocycles. The van der Waals surface area contributed by atoms with Crippen LogP contribution in [0.2, 0.25) is 0 Å². The number of nitrogens with zero attached hydrogens (tertiary/aromatic N) is 2. The van der Waals surface area contributed by atoms with E-state index in [0.29, 0.717) is 0 Å². The molecule has 0 aliphatic heterocycles. The van der Waals surface area contributed by atoms with Gasteiger partial charge in [-0.05, 0) is 26.0 Å². The van der Waals surface area contributed by atoms with Crippen molar-refractivity contribution in [2.75, 3.05) is 0 Å². The molecule has 2 amide bonds. The van der Waals surface area contributed by atoms with Crippen LogP contribution in [-0.4, -0.2) is 34.7 Å². The maximum absolute atomic E-state index is 13.5. The first-order valence-corrected chi connectivity index (χ1v) is 9.63. The molecule has 0 radical (unpaired) electrons. The summed E-state index contributed by atoms with van der Waals surface area (Å²) in [6, 6.07) is 12.0. The minimum absolute atomic E-state index is 0.244. The molecular formula is C20H20F2N4O2S. The third kappa shape index (κ3) is 7.11. The Labute approximate surface area is 171 Å². The number of carbonyl (C=O) groups is 2. The average Bonchev–Trinajstić information content (AvgIpc) is 2.70. The van der Waals surface area contributed by atoms with E-state index < -0.39 is 33.9 Å².